The molecular formula is C16H14O5. The van der Waals surface area contributed by atoms with Gasteiger partial charge in [0.1, 0.15) is 0 Å². The molecule has 108 valence electrons. The Labute approximate surface area is 122 Å². The summed E-state index contributed by atoms with van der Waals surface area (Å²) in [6, 6.07) is 6.58. The van der Waals surface area contributed by atoms with Gasteiger partial charge in [-0.15, -0.1) is 0 Å². The molecule has 0 unspecified atom stereocenters. The Morgan fingerprint density at radius 1 is 1.05 bits per heavy atom. The molecule has 0 saturated heterocycles. The number of ketones is 1. The number of carbonyl (C=O) groups excluding carboxylic acids is 1. The molecule has 0 saturated carbocycles. The second-order valence-corrected chi connectivity index (χ2v) is 3.94. The number of hydrogen-bond donors (Lipinski definition) is 0. The average Bonchev–Trinajstić information content (AvgIpc) is 3.04. The zero-order valence-electron chi connectivity index (χ0n) is 11.9. The van der Waals surface area contributed by atoms with E-state index in [1.54, 1.807) is 24.3 Å². The van der Waals surface area contributed by atoms with Gasteiger partial charge in [0, 0.05) is 0 Å². The van der Waals surface area contributed by atoms with E-state index < -0.39 is 5.78 Å². The van der Waals surface area contributed by atoms with E-state index in [9.17, 15) is 4.79 Å². The van der Waals surface area contributed by atoms with Gasteiger partial charge in [-0.3, -0.25) is 4.79 Å². The number of methoxy groups -OCH3 is 3. The standard InChI is InChI=1S/C16H14O5/c1-18-14-9-7-12(15(19-2)16(14)20-3)13(17)8-6-11-5-4-10-21-11/h4-5,7,9-10H,1-3H3. The van der Waals surface area contributed by atoms with E-state index in [2.05, 4.69) is 11.8 Å². The van der Waals surface area contributed by atoms with Crippen molar-refractivity contribution in [3.05, 3.63) is 41.9 Å². The van der Waals surface area contributed by atoms with Crippen LogP contribution in [0.3, 0.4) is 0 Å². The zero-order chi connectivity index (χ0) is 15.2. The summed E-state index contributed by atoms with van der Waals surface area (Å²) >= 11 is 0. The summed E-state index contributed by atoms with van der Waals surface area (Å²) in [4.78, 5) is 12.2. The molecule has 0 atom stereocenters. The van der Waals surface area contributed by atoms with Crippen LogP contribution in [-0.2, 0) is 0 Å². The van der Waals surface area contributed by atoms with Crippen molar-refractivity contribution in [1.82, 2.24) is 0 Å². The SMILES string of the molecule is COc1ccc(C(=O)C#Cc2ccco2)c(OC)c1OC. The van der Waals surface area contributed by atoms with E-state index in [4.69, 9.17) is 18.6 Å². The summed E-state index contributed by atoms with van der Waals surface area (Å²) in [7, 11) is 4.44. The molecule has 0 aliphatic heterocycles. The predicted octanol–water partition coefficient (Wildman–Crippen LogP) is 2.54. The first kappa shape index (κ1) is 14.5. The van der Waals surface area contributed by atoms with Crippen LogP contribution in [-0.4, -0.2) is 27.1 Å². The topological polar surface area (TPSA) is 57.9 Å². The molecule has 2 rings (SSSR count). The van der Waals surface area contributed by atoms with Crippen LogP contribution in [0.15, 0.2) is 34.9 Å². The molecule has 5 nitrogen and oxygen atoms in total. The van der Waals surface area contributed by atoms with Crippen molar-refractivity contribution in [1.29, 1.82) is 0 Å². The maximum absolute atomic E-state index is 12.2. The quantitative estimate of drug-likeness (QED) is 0.638. The smallest absolute Gasteiger partial charge is 0.240 e. The normalized spacial score (nSPS) is 9.48. The molecule has 0 bridgehead atoms. The molecule has 1 aromatic heterocycles. The molecule has 2 aromatic rings. The fraction of sp³-hybridized carbons (Fsp3) is 0.188. The lowest BCUT2D eigenvalue weighted by molar-refractivity contribution is 0.105. The molecule has 21 heavy (non-hydrogen) atoms. The van der Waals surface area contributed by atoms with Crippen molar-refractivity contribution < 1.29 is 23.4 Å². The lowest BCUT2D eigenvalue weighted by Gasteiger charge is -2.13. The Bertz CT molecular complexity index is 689. The minimum Gasteiger partial charge on any atom is -0.493 e. The fourth-order valence-corrected chi connectivity index (χ4v) is 1.82. The van der Waals surface area contributed by atoms with Crippen LogP contribution in [0.4, 0.5) is 0 Å². The first-order chi connectivity index (χ1) is 10.2. The van der Waals surface area contributed by atoms with E-state index in [-0.39, 0.29) is 5.75 Å². The highest BCUT2D eigenvalue weighted by molar-refractivity contribution is 6.11. The Morgan fingerprint density at radius 3 is 2.38 bits per heavy atom. The molecule has 1 heterocycles. The van der Waals surface area contributed by atoms with Crippen LogP contribution >= 0.6 is 0 Å². The number of rotatable bonds is 4. The molecule has 0 radical (unpaired) electrons. The van der Waals surface area contributed by atoms with E-state index >= 15 is 0 Å². The minimum atomic E-state index is -0.399. The van der Waals surface area contributed by atoms with Gasteiger partial charge in [-0.05, 0) is 36.1 Å². The third kappa shape index (κ3) is 3.00. The molecule has 0 amide bonds. The lowest BCUT2D eigenvalue weighted by atomic mass is 10.1. The van der Waals surface area contributed by atoms with Crippen molar-refractivity contribution in [2.45, 2.75) is 0 Å². The Morgan fingerprint density at radius 2 is 1.81 bits per heavy atom. The van der Waals surface area contributed by atoms with E-state index in [1.165, 1.54) is 27.6 Å². The van der Waals surface area contributed by atoms with Gasteiger partial charge in [0.15, 0.2) is 17.3 Å². The molecule has 0 aliphatic carbocycles. The van der Waals surface area contributed by atoms with Crippen LogP contribution in [0.5, 0.6) is 17.2 Å². The van der Waals surface area contributed by atoms with E-state index in [0.717, 1.165) is 0 Å². The first-order valence-electron chi connectivity index (χ1n) is 6.10. The van der Waals surface area contributed by atoms with Crippen molar-refractivity contribution in [2.24, 2.45) is 0 Å². The highest BCUT2D eigenvalue weighted by Crippen LogP contribution is 2.39. The second kappa shape index (κ2) is 6.53. The number of ether oxygens (including phenoxy) is 3. The van der Waals surface area contributed by atoms with Gasteiger partial charge in [-0.1, -0.05) is 0 Å². The number of hydrogen-bond acceptors (Lipinski definition) is 5. The zero-order valence-corrected chi connectivity index (χ0v) is 11.9. The van der Waals surface area contributed by atoms with Gasteiger partial charge in [-0.25, -0.2) is 0 Å². The summed E-state index contributed by atoms with van der Waals surface area (Å²) in [5, 5.41) is 0. The molecule has 0 fully saturated rings. The van der Waals surface area contributed by atoms with Crippen LogP contribution in [0, 0.1) is 11.8 Å². The highest BCUT2D eigenvalue weighted by Gasteiger charge is 2.19. The Balaban J connectivity index is 2.41. The van der Waals surface area contributed by atoms with Crippen LogP contribution in [0.25, 0.3) is 0 Å². The summed E-state index contributed by atoms with van der Waals surface area (Å²) in [6.45, 7) is 0. The van der Waals surface area contributed by atoms with Gasteiger partial charge in [-0.2, -0.15) is 0 Å². The van der Waals surface area contributed by atoms with Crippen LogP contribution in [0.1, 0.15) is 16.1 Å². The maximum atomic E-state index is 12.2. The lowest BCUT2D eigenvalue weighted by Crippen LogP contribution is -2.03. The molecule has 5 heteroatoms. The molecule has 0 aliphatic rings. The minimum absolute atomic E-state index is 0.288. The van der Waals surface area contributed by atoms with Crippen molar-refractivity contribution in [3.8, 4) is 29.1 Å². The maximum Gasteiger partial charge on any atom is 0.240 e. The summed E-state index contributed by atoms with van der Waals surface area (Å²) in [5.41, 5.74) is 0.300. The van der Waals surface area contributed by atoms with Gasteiger partial charge < -0.3 is 18.6 Å². The average molecular weight is 286 g/mol. The van der Waals surface area contributed by atoms with E-state index in [0.29, 0.717) is 22.8 Å². The first-order valence-corrected chi connectivity index (χ1v) is 6.10. The fourth-order valence-electron chi connectivity index (χ4n) is 1.82. The molecule has 0 spiro atoms. The summed E-state index contributed by atoms with van der Waals surface area (Å²) < 4.78 is 20.7. The summed E-state index contributed by atoms with van der Waals surface area (Å²) in [5.74, 6) is 6.29. The predicted molar refractivity (Wildman–Crippen MR) is 76.0 cm³/mol. The number of benzene rings is 1. The van der Waals surface area contributed by atoms with Crippen molar-refractivity contribution in [2.75, 3.05) is 21.3 Å². The third-order valence-electron chi connectivity index (χ3n) is 2.77. The molecular weight excluding hydrogens is 272 g/mol. The second-order valence-electron chi connectivity index (χ2n) is 3.94. The molecule has 1 aromatic carbocycles. The third-order valence-corrected chi connectivity index (χ3v) is 2.77. The number of Topliss-reactive ketones (excluding diaryl/α,β-unsaturated/α-hetero) is 1. The largest absolute Gasteiger partial charge is 0.493 e. The number of furan rings is 1. The summed E-state index contributed by atoms with van der Waals surface area (Å²) in [6.07, 6.45) is 1.49. The van der Waals surface area contributed by atoms with Gasteiger partial charge in [0.05, 0.1) is 33.2 Å². The van der Waals surface area contributed by atoms with Crippen molar-refractivity contribution >= 4 is 5.78 Å². The van der Waals surface area contributed by atoms with Gasteiger partial charge >= 0.3 is 0 Å². The van der Waals surface area contributed by atoms with Gasteiger partial charge in [0.2, 0.25) is 11.5 Å². The van der Waals surface area contributed by atoms with E-state index in [1.807, 2.05) is 0 Å². The highest BCUT2D eigenvalue weighted by atomic mass is 16.5. The number of carbonyl (C=O) groups is 1. The Kier molecular flexibility index (Phi) is 4.52. The monoisotopic (exact) mass is 286 g/mol. The van der Waals surface area contributed by atoms with Gasteiger partial charge in [0.25, 0.3) is 0 Å². The van der Waals surface area contributed by atoms with Crippen LogP contribution < -0.4 is 14.2 Å². The Hall–Kier alpha value is -2.87. The van der Waals surface area contributed by atoms with Crippen LogP contribution in [0.2, 0.25) is 0 Å². The van der Waals surface area contributed by atoms with Crippen molar-refractivity contribution in [3.63, 3.8) is 0 Å². The molecule has 0 N–H and O–H groups in total.